The van der Waals surface area contributed by atoms with Gasteiger partial charge in [0.25, 0.3) is 0 Å². The first kappa shape index (κ1) is 21.2. The Bertz CT molecular complexity index is 737. The topological polar surface area (TPSA) is 115 Å². The standard InChI is InChI=1S/C20H29N5O4/c1-14-6-8-21-18(10-14)23-19(27)17-7-9-22-25(17)20(28)16(12-24(29)13-26)11-15-4-2-3-5-15/h6,8,10,13,15-17,22,29H,2-5,7,9,11-12H2,1H3,(H,21,23,27). The van der Waals surface area contributed by atoms with E-state index in [-0.39, 0.29) is 18.4 Å². The Morgan fingerprint density at radius 3 is 2.86 bits per heavy atom. The molecule has 9 heteroatoms. The second-order valence-electron chi connectivity index (χ2n) is 7.94. The molecule has 3 amide bonds. The lowest BCUT2D eigenvalue weighted by atomic mass is 9.92. The Morgan fingerprint density at radius 1 is 1.41 bits per heavy atom. The van der Waals surface area contributed by atoms with Gasteiger partial charge in [0, 0.05) is 12.7 Å². The van der Waals surface area contributed by atoms with E-state index >= 15 is 0 Å². The van der Waals surface area contributed by atoms with Crippen LogP contribution in [0.3, 0.4) is 0 Å². The van der Waals surface area contributed by atoms with Crippen LogP contribution in [-0.2, 0) is 14.4 Å². The predicted octanol–water partition coefficient (Wildman–Crippen LogP) is 1.48. The number of hydrogen-bond donors (Lipinski definition) is 3. The van der Waals surface area contributed by atoms with E-state index in [4.69, 9.17) is 0 Å². The number of aryl methyl sites for hydroxylation is 1. The molecule has 2 atom stereocenters. The summed E-state index contributed by atoms with van der Waals surface area (Å²) in [6, 6.07) is 2.94. The van der Waals surface area contributed by atoms with Gasteiger partial charge in [-0.05, 0) is 43.4 Å². The number of hydrogen-bond acceptors (Lipinski definition) is 6. The maximum Gasteiger partial charge on any atom is 0.250 e. The minimum atomic E-state index is -0.667. The zero-order valence-corrected chi connectivity index (χ0v) is 16.7. The van der Waals surface area contributed by atoms with Crippen molar-refractivity contribution in [3.05, 3.63) is 23.9 Å². The summed E-state index contributed by atoms with van der Waals surface area (Å²) in [5, 5.41) is 14.3. The molecule has 2 fully saturated rings. The Morgan fingerprint density at radius 2 is 2.17 bits per heavy atom. The van der Waals surface area contributed by atoms with E-state index in [0.29, 0.717) is 42.6 Å². The highest BCUT2D eigenvalue weighted by Gasteiger charge is 2.39. The number of anilines is 1. The van der Waals surface area contributed by atoms with Gasteiger partial charge in [0.15, 0.2) is 0 Å². The van der Waals surface area contributed by atoms with E-state index < -0.39 is 12.0 Å². The van der Waals surface area contributed by atoms with E-state index in [1.165, 1.54) is 5.01 Å². The molecular weight excluding hydrogens is 374 g/mol. The van der Waals surface area contributed by atoms with Crippen LogP contribution < -0.4 is 10.7 Å². The fourth-order valence-electron chi connectivity index (χ4n) is 4.22. The van der Waals surface area contributed by atoms with Crippen molar-refractivity contribution in [2.24, 2.45) is 11.8 Å². The Labute approximate surface area is 170 Å². The molecule has 0 spiro atoms. The number of nitrogens with one attached hydrogen (secondary N) is 2. The molecule has 2 heterocycles. The van der Waals surface area contributed by atoms with Crippen LogP contribution in [0.5, 0.6) is 0 Å². The van der Waals surface area contributed by atoms with E-state index in [1.807, 2.05) is 13.0 Å². The third-order valence-corrected chi connectivity index (χ3v) is 5.69. The van der Waals surface area contributed by atoms with Gasteiger partial charge in [-0.1, -0.05) is 25.7 Å². The first-order chi connectivity index (χ1) is 14.0. The quantitative estimate of drug-likeness (QED) is 0.344. The lowest BCUT2D eigenvalue weighted by Gasteiger charge is -2.29. The number of rotatable bonds is 8. The van der Waals surface area contributed by atoms with Crippen molar-refractivity contribution in [2.45, 2.75) is 51.5 Å². The summed E-state index contributed by atoms with van der Waals surface area (Å²) in [7, 11) is 0. The average molecular weight is 403 g/mol. The Kier molecular flexibility index (Phi) is 7.16. The summed E-state index contributed by atoms with van der Waals surface area (Å²) in [6.07, 6.45) is 7.37. The highest BCUT2D eigenvalue weighted by molar-refractivity contribution is 5.97. The molecule has 1 aromatic rings. The first-order valence-electron chi connectivity index (χ1n) is 10.2. The maximum absolute atomic E-state index is 13.2. The van der Waals surface area contributed by atoms with Crippen LogP contribution in [-0.4, -0.2) is 57.6 Å². The van der Waals surface area contributed by atoms with Crippen molar-refractivity contribution in [1.82, 2.24) is 20.5 Å². The molecule has 1 aromatic heterocycles. The third-order valence-electron chi connectivity index (χ3n) is 5.69. The van der Waals surface area contributed by atoms with Crippen LogP contribution in [0.25, 0.3) is 0 Å². The van der Waals surface area contributed by atoms with Crippen molar-refractivity contribution in [3.8, 4) is 0 Å². The molecule has 1 saturated heterocycles. The molecule has 29 heavy (non-hydrogen) atoms. The van der Waals surface area contributed by atoms with Crippen LogP contribution in [0.4, 0.5) is 5.82 Å². The largest absolute Gasteiger partial charge is 0.309 e. The van der Waals surface area contributed by atoms with Gasteiger partial charge >= 0.3 is 0 Å². The van der Waals surface area contributed by atoms with Crippen molar-refractivity contribution in [2.75, 3.05) is 18.4 Å². The van der Waals surface area contributed by atoms with Gasteiger partial charge in [-0.15, -0.1) is 0 Å². The SMILES string of the molecule is Cc1ccnc(NC(=O)C2CCNN2C(=O)C(CC2CCCC2)CN(O)C=O)c1. The van der Waals surface area contributed by atoms with Gasteiger partial charge in [-0.3, -0.25) is 24.6 Å². The number of hydroxylamine groups is 2. The second kappa shape index (κ2) is 9.80. The first-order valence-corrected chi connectivity index (χ1v) is 10.2. The van der Waals surface area contributed by atoms with Crippen LogP contribution >= 0.6 is 0 Å². The molecule has 3 N–H and O–H groups in total. The highest BCUT2D eigenvalue weighted by Crippen LogP contribution is 2.31. The van der Waals surface area contributed by atoms with Crippen molar-refractivity contribution < 1.29 is 19.6 Å². The van der Waals surface area contributed by atoms with Crippen molar-refractivity contribution in [1.29, 1.82) is 0 Å². The van der Waals surface area contributed by atoms with Crippen LogP contribution in [0, 0.1) is 18.8 Å². The second-order valence-corrected chi connectivity index (χ2v) is 7.94. The molecule has 3 rings (SSSR count). The molecule has 2 unspecified atom stereocenters. The molecular formula is C20H29N5O4. The highest BCUT2D eigenvalue weighted by atomic mass is 16.5. The van der Waals surface area contributed by atoms with E-state index in [0.717, 1.165) is 31.2 Å². The van der Waals surface area contributed by atoms with Crippen LogP contribution in [0.1, 0.15) is 44.1 Å². The monoisotopic (exact) mass is 403 g/mol. The summed E-state index contributed by atoms with van der Waals surface area (Å²) in [4.78, 5) is 41.0. The average Bonchev–Trinajstić information content (AvgIpc) is 3.38. The number of aromatic nitrogens is 1. The minimum Gasteiger partial charge on any atom is -0.309 e. The molecule has 158 valence electrons. The van der Waals surface area contributed by atoms with E-state index in [9.17, 15) is 19.6 Å². The van der Waals surface area contributed by atoms with Gasteiger partial charge in [-0.2, -0.15) is 0 Å². The van der Waals surface area contributed by atoms with E-state index in [2.05, 4.69) is 15.7 Å². The summed E-state index contributed by atoms with van der Waals surface area (Å²) in [5.74, 6) is -0.300. The normalized spacial score (nSPS) is 20.5. The van der Waals surface area contributed by atoms with Gasteiger partial charge in [-0.25, -0.2) is 15.5 Å². The number of carbonyl (C=O) groups is 3. The van der Waals surface area contributed by atoms with Crippen molar-refractivity contribution >= 4 is 24.0 Å². The predicted molar refractivity (Wildman–Crippen MR) is 105 cm³/mol. The van der Waals surface area contributed by atoms with E-state index in [1.54, 1.807) is 12.3 Å². The number of hydrazine groups is 1. The van der Waals surface area contributed by atoms with Gasteiger partial charge in [0.2, 0.25) is 18.2 Å². The fraction of sp³-hybridized carbons (Fsp3) is 0.600. The minimum absolute atomic E-state index is 0.0786. The van der Waals surface area contributed by atoms with Crippen molar-refractivity contribution in [3.63, 3.8) is 0 Å². The Hall–Kier alpha value is -2.52. The summed E-state index contributed by atoms with van der Waals surface area (Å²) < 4.78 is 0. The van der Waals surface area contributed by atoms with Crippen LogP contribution in [0.2, 0.25) is 0 Å². The molecule has 1 saturated carbocycles. The van der Waals surface area contributed by atoms with Gasteiger partial charge < -0.3 is 5.32 Å². The summed E-state index contributed by atoms with van der Waals surface area (Å²) in [5.41, 5.74) is 3.97. The molecule has 2 aliphatic rings. The molecule has 0 aromatic carbocycles. The Balaban J connectivity index is 1.69. The number of nitrogens with zero attached hydrogens (tertiary/aromatic N) is 3. The molecule has 1 aliphatic heterocycles. The number of carbonyl (C=O) groups excluding carboxylic acids is 3. The van der Waals surface area contributed by atoms with Crippen LogP contribution in [0.15, 0.2) is 18.3 Å². The number of pyridine rings is 1. The summed E-state index contributed by atoms with van der Waals surface area (Å²) >= 11 is 0. The molecule has 0 bridgehead atoms. The zero-order valence-electron chi connectivity index (χ0n) is 16.7. The maximum atomic E-state index is 13.2. The smallest absolute Gasteiger partial charge is 0.250 e. The van der Waals surface area contributed by atoms with Gasteiger partial charge in [0.1, 0.15) is 11.9 Å². The molecule has 0 radical (unpaired) electrons. The third kappa shape index (κ3) is 5.51. The molecule has 9 nitrogen and oxygen atoms in total. The molecule has 1 aliphatic carbocycles. The fourth-order valence-corrected chi connectivity index (χ4v) is 4.22. The lowest BCUT2D eigenvalue weighted by molar-refractivity contribution is -0.159. The summed E-state index contributed by atoms with van der Waals surface area (Å²) in [6.45, 7) is 2.33. The number of amides is 3. The zero-order chi connectivity index (χ0) is 20.8. The van der Waals surface area contributed by atoms with Gasteiger partial charge in [0.05, 0.1) is 12.5 Å². The lowest BCUT2D eigenvalue weighted by Crippen LogP contribution is -2.51.